The van der Waals surface area contributed by atoms with Crippen LogP contribution in [-0.4, -0.2) is 16.7 Å². The second-order valence-corrected chi connectivity index (χ2v) is 3.50. The number of aliphatic hydroxyl groups excluding tert-OH is 1. The molecule has 4 nitrogen and oxygen atoms in total. The third-order valence-corrected chi connectivity index (χ3v) is 2.39. The highest BCUT2D eigenvalue weighted by Gasteiger charge is 2.12. The molecule has 0 aliphatic carbocycles. The van der Waals surface area contributed by atoms with Crippen LogP contribution in [0.3, 0.4) is 0 Å². The standard InChI is InChI=1S/C11H14N2O2/c1-2-7-3-4-10-9(5-7)13-11(15-10)8(12)6-14/h3-5,8,14H,2,6,12H2,1H3. The maximum atomic E-state index is 8.89. The third-order valence-electron chi connectivity index (χ3n) is 2.39. The Balaban J connectivity index is 2.46. The second kappa shape index (κ2) is 4.00. The maximum Gasteiger partial charge on any atom is 0.214 e. The highest BCUT2D eigenvalue weighted by molar-refractivity contribution is 5.73. The largest absolute Gasteiger partial charge is 0.439 e. The van der Waals surface area contributed by atoms with E-state index in [-0.39, 0.29) is 6.61 Å². The molecule has 80 valence electrons. The molecule has 1 heterocycles. The van der Waals surface area contributed by atoms with Crippen molar-refractivity contribution in [1.82, 2.24) is 4.98 Å². The van der Waals surface area contributed by atoms with Gasteiger partial charge in [0.2, 0.25) is 5.89 Å². The molecule has 1 unspecified atom stereocenters. The summed E-state index contributed by atoms with van der Waals surface area (Å²) in [6.45, 7) is 1.93. The van der Waals surface area contributed by atoms with Crippen LogP contribution in [0.1, 0.15) is 24.4 Å². The van der Waals surface area contributed by atoms with Gasteiger partial charge in [-0.15, -0.1) is 0 Å². The van der Waals surface area contributed by atoms with Gasteiger partial charge in [-0.1, -0.05) is 13.0 Å². The summed E-state index contributed by atoms with van der Waals surface area (Å²) in [6, 6.07) is 5.32. The van der Waals surface area contributed by atoms with Gasteiger partial charge in [0.25, 0.3) is 0 Å². The van der Waals surface area contributed by atoms with Gasteiger partial charge in [0.15, 0.2) is 5.58 Å². The quantitative estimate of drug-likeness (QED) is 0.795. The molecule has 2 aromatic rings. The fourth-order valence-electron chi connectivity index (χ4n) is 1.45. The van der Waals surface area contributed by atoms with Gasteiger partial charge in [0.05, 0.1) is 6.61 Å². The Kier molecular flexibility index (Phi) is 2.70. The molecule has 15 heavy (non-hydrogen) atoms. The minimum Gasteiger partial charge on any atom is -0.439 e. The van der Waals surface area contributed by atoms with Crippen molar-refractivity contribution in [3.8, 4) is 0 Å². The van der Waals surface area contributed by atoms with Gasteiger partial charge in [-0.2, -0.15) is 0 Å². The summed E-state index contributed by atoms with van der Waals surface area (Å²) in [5.41, 5.74) is 8.34. The van der Waals surface area contributed by atoms with E-state index < -0.39 is 6.04 Å². The molecule has 0 aliphatic heterocycles. The number of oxazole rings is 1. The summed E-state index contributed by atoms with van der Waals surface area (Å²) in [5, 5.41) is 8.89. The molecule has 3 N–H and O–H groups in total. The molecule has 1 atom stereocenters. The van der Waals surface area contributed by atoms with Crippen LogP contribution in [0, 0.1) is 0 Å². The average Bonchev–Trinajstić information content (AvgIpc) is 2.70. The van der Waals surface area contributed by atoms with Crippen molar-refractivity contribution in [3.63, 3.8) is 0 Å². The first kappa shape index (κ1) is 10.1. The minimum atomic E-state index is -0.539. The molecule has 0 saturated heterocycles. The van der Waals surface area contributed by atoms with E-state index in [1.165, 1.54) is 5.56 Å². The predicted molar refractivity (Wildman–Crippen MR) is 57.4 cm³/mol. The number of benzene rings is 1. The highest BCUT2D eigenvalue weighted by Crippen LogP contribution is 2.20. The molecule has 4 heteroatoms. The summed E-state index contributed by atoms with van der Waals surface area (Å²) in [5.74, 6) is 0.390. The summed E-state index contributed by atoms with van der Waals surface area (Å²) < 4.78 is 5.42. The molecular formula is C11H14N2O2. The Morgan fingerprint density at radius 3 is 3.00 bits per heavy atom. The van der Waals surface area contributed by atoms with E-state index in [0.717, 1.165) is 11.9 Å². The number of aliphatic hydroxyl groups is 1. The van der Waals surface area contributed by atoms with E-state index in [2.05, 4.69) is 11.9 Å². The Morgan fingerprint density at radius 1 is 1.53 bits per heavy atom. The lowest BCUT2D eigenvalue weighted by atomic mass is 10.1. The number of nitrogens with two attached hydrogens (primary N) is 1. The van der Waals surface area contributed by atoms with Crippen molar-refractivity contribution in [1.29, 1.82) is 0 Å². The molecule has 0 spiro atoms. The van der Waals surface area contributed by atoms with E-state index in [4.69, 9.17) is 15.3 Å². The molecule has 0 radical (unpaired) electrons. The Bertz CT molecular complexity index is 465. The molecule has 0 saturated carbocycles. The van der Waals surface area contributed by atoms with E-state index in [1.54, 1.807) is 0 Å². The van der Waals surface area contributed by atoms with Gasteiger partial charge in [0, 0.05) is 0 Å². The molecule has 0 amide bonds. The molecule has 1 aromatic heterocycles. The first-order valence-corrected chi connectivity index (χ1v) is 5.00. The topological polar surface area (TPSA) is 72.3 Å². The van der Waals surface area contributed by atoms with Crippen molar-refractivity contribution < 1.29 is 9.52 Å². The van der Waals surface area contributed by atoms with E-state index in [9.17, 15) is 0 Å². The Morgan fingerprint density at radius 2 is 2.33 bits per heavy atom. The van der Waals surface area contributed by atoms with Crippen LogP contribution in [0.5, 0.6) is 0 Å². The van der Waals surface area contributed by atoms with Gasteiger partial charge in [-0.25, -0.2) is 4.98 Å². The van der Waals surface area contributed by atoms with E-state index in [0.29, 0.717) is 11.5 Å². The van der Waals surface area contributed by atoms with Crippen LogP contribution >= 0.6 is 0 Å². The van der Waals surface area contributed by atoms with Crippen molar-refractivity contribution >= 4 is 11.1 Å². The maximum absolute atomic E-state index is 8.89. The lowest BCUT2D eigenvalue weighted by molar-refractivity contribution is 0.250. The van der Waals surface area contributed by atoms with E-state index >= 15 is 0 Å². The van der Waals surface area contributed by atoms with Crippen molar-refractivity contribution in [2.75, 3.05) is 6.61 Å². The summed E-state index contributed by atoms with van der Waals surface area (Å²) in [4.78, 5) is 4.24. The highest BCUT2D eigenvalue weighted by atomic mass is 16.4. The van der Waals surface area contributed by atoms with Crippen LogP contribution in [0.4, 0.5) is 0 Å². The number of rotatable bonds is 3. The van der Waals surface area contributed by atoms with Crippen LogP contribution in [0.2, 0.25) is 0 Å². The number of fused-ring (bicyclic) bond motifs is 1. The van der Waals surface area contributed by atoms with Gasteiger partial charge in [-0.05, 0) is 24.1 Å². The number of hydrogen-bond acceptors (Lipinski definition) is 4. The zero-order chi connectivity index (χ0) is 10.8. The third kappa shape index (κ3) is 1.86. The number of aryl methyl sites for hydroxylation is 1. The van der Waals surface area contributed by atoms with E-state index in [1.807, 2.05) is 18.2 Å². The van der Waals surface area contributed by atoms with Crippen LogP contribution < -0.4 is 5.73 Å². The van der Waals surface area contributed by atoms with Crippen LogP contribution in [-0.2, 0) is 6.42 Å². The zero-order valence-corrected chi connectivity index (χ0v) is 8.60. The molecular weight excluding hydrogens is 192 g/mol. The monoisotopic (exact) mass is 206 g/mol. The summed E-state index contributed by atoms with van der Waals surface area (Å²) in [6.07, 6.45) is 0.962. The summed E-state index contributed by atoms with van der Waals surface area (Å²) >= 11 is 0. The lowest BCUT2D eigenvalue weighted by Crippen LogP contribution is -2.14. The predicted octanol–water partition coefficient (Wildman–Crippen LogP) is 1.38. The molecule has 1 aromatic carbocycles. The zero-order valence-electron chi connectivity index (χ0n) is 8.60. The molecule has 0 bridgehead atoms. The number of nitrogens with zero attached hydrogens (tertiary/aromatic N) is 1. The van der Waals surface area contributed by atoms with Gasteiger partial charge >= 0.3 is 0 Å². The second-order valence-electron chi connectivity index (χ2n) is 3.50. The lowest BCUT2D eigenvalue weighted by Gasteiger charge is -1.99. The average molecular weight is 206 g/mol. The van der Waals surface area contributed by atoms with Gasteiger partial charge < -0.3 is 15.3 Å². The SMILES string of the molecule is CCc1ccc2oc(C(N)CO)nc2c1. The van der Waals surface area contributed by atoms with Crippen molar-refractivity contribution in [2.24, 2.45) is 5.73 Å². The van der Waals surface area contributed by atoms with Crippen molar-refractivity contribution in [2.45, 2.75) is 19.4 Å². The first-order chi connectivity index (χ1) is 7.24. The smallest absolute Gasteiger partial charge is 0.214 e. The molecule has 2 rings (SSSR count). The van der Waals surface area contributed by atoms with Crippen LogP contribution in [0.25, 0.3) is 11.1 Å². The van der Waals surface area contributed by atoms with Gasteiger partial charge in [0.1, 0.15) is 11.6 Å². The molecule has 0 fully saturated rings. The molecule has 0 aliphatic rings. The fraction of sp³-hybridized carbons (Fsp3) is 0.364. The van der Waals surface area contributed by atoms with Crippen LogP contribution in [0.15, 0.2) is 22.6 Å². The number of aromatic nitrogens is 1. The minimum absolute atomic E-state index is 0.159. The fourth-order valence-corrected chi connectivity index (χ4v) is 1.45. The first-order valence-electron chi connectivity index (χ1n) is 5.00. The number of hydrogen-bond donors (Lipinski definition) is 2. The normalized spacial score (nSPS) is 13.3. The Labute approximate surface area is 87.7 Å². The van der Waals surface area contributed by atoms with Gasteiger partial charge in [-0.3, -0.25) is 0 Å². The van der Waals surface area contributed by atoms with Crippen molar-refractivity contribution in [3.05, 3.63) is 29.7 Å². The summed E-state index contributed by atoms with van der Waals surface area (Å²) in [7, 11) is 0. The Hall–Kier alpha value is -1.39.